The fourth-order valence-electron chi connectivity index (χ4n) is 2.75. The van der Waals surface area contributed by atoms with E-state index < -0.39 is 10.0 Å². The fourth-order valence-corrected chi connectivity index (χ4v) is 4.14. The number of furan rings is 1. The van der Waals surface area contributed by atoms with Gasteiger partial charge in [0.2, 0.25) is 10.0 Å². The minimum Gasteiger partial charge on any atom is -0.497 e. The Kier molecular flexibility index (Phi) is 5.96. The first-order valence-electron chi connectivity index (χ1n) is 8.66. The lowest BCUT2D eigenvalue weighted by Crippen LogP contribution is -2.30. The van der Waals surface area contributed by atoms with E-state index in [-0.39, 0.29) is 23.8 Å². The molecular weight excluding hydrogens is 378 g/mol. The van der Waals surface area contributed by atoms with Gasteiger partial charge in [-0.1, -0.05) is 24.3 Å². The zero-order valence-electron chi connectivity index (χ0n) is 15.7. The molecule has 0 spiro atoms. The third kappa shape index (κ3) is 4.49. The van der Waals surface area contributed by atoms with Crippen LogP contribution in [0.1, 0.15) is 28.6 Å². The smallest absolute Gasteiger partial charge is 0.243 e. The summed E-state index contributed by atoms with van der Waals surface area (Å²) in [4.78, 5) is 11.6. The highest BCUT2D eigenvalue weighted by Gasteiger charge is 2.26. The zero-order chi connectivity index (χ0) is 20.1. The van der Waals surface area contributed by atoms with Crippen molar-refractivity contribution in [1.82, 2.24) is 4.31 Å². The van der Waals surface area contributed by atoms with E-state index in [2.05, 4.69) is 0 Å². The molecule has 6 nitrogen and oxygen atoms in total. The molecule has 1 aromatic heterocycles. The van der Waals surface area contributed by atoms with Gasteiger partial charge in [0, 0.05) is 12.1 Å². The van der Waals surface area contributed by atoms with Crippen LogP contribution in [0.4, 0.5) is 0 Å². The summed E-state index contributed by atoms with van der Waals surface area (Å²) in [5.74, 6) is 1.12. The standard InChI is InChI=1S/C21H21NO5S/c1-16(23)18-7-11-21(12-8-18)28(24,25)22(15-20-4-3-13-27-20)14-17-5-9-19(26-2)10-6-17/h3-13H,14-15H2,1-2H3. The summed E-state index contributed by atoms with van der Waals surface area (Å²) in [7, 11) is -2.23. The molecule has 28 heavy (non-hydrogen) atoms. The molecule has 0 atom stereocenters. The van der Waals surface area contributed by atoms with E-state index in [9.17, 15) is 13.2 Å². The molecule has 0 amide bonds. The molecule has 2 aromatic carbocycles. The van der Waals surface area contributed by atoms with Crippen LogP contribution in [-0.2, 0) is 23.1 Å². The molecule has 0 aliphatic rings. The predicted molar refractivity (Wildman–Crippen MR) is 105 cm³/mol. The second-order valence-electron chi connectivity index (χ2n) is 6.28. The Labute approximate surface area is 164 Å². The maximum Gasteiger partial charge on any atom is 0.243 e. The van der Waals surface area contributed by atoms with Crippen molar-refractivity contribution in [1.29, 1.82) is 0 Å². The van der Waals surface area contributed by atoms with Crippen LogP contribution in [0.5, 0.6) is 5.75 Å². The van der Waals surface area contributed by atoms with Crippen molar-refractivity contribution in [3.63, 3.8) is 0 Å². The summed E-state index contributed by atoms with van der Waals surface area (Å²) in [6.07, 6.45) is 1.51. The maximum absolute atomic E-state index is 13.2. The number of ketones is 1. The van der Waals surface area contributed by atoms with Gasteiger partial charge in [-0.3, -0.25) is 4.79 Å². The van der Waals surface area contributed by atoms with Gasteiger partial charge in [0.25, 0.3) is 0 Å². The fraction of sp³-hybridized carbons (Fsp3) is 0.190. The van der Waals surface area contributed by atoms with E-state index in [0.717, 1.165) is 5.56 Å². The molecule has 0 N–H and O–H groups in total. The van der Waals surface area contributed by atoms with E-state index in [0.29, 0.717) is 17.1 Å². The summed E-state index contributed by atoms with van der Waals surface area (Å²) in [6, 6.07) is 16.6. The molecule has 3 rings (SSSR count). The predicted octanol–water partition coefficient (Wildman–Crippen LogP) is 3.88. The van der Waals surface area contributed by atoms with Gasteiger partial charge >= 0.3 is 0 Å². The van der Waals surface area contributed by atoms with Gasteiger partial charge in [-0.15, -0.1) is 0 Å². The molecule has 7 heteroatoms. The molecule has 0 unspecified atom stereocenters. The number of nitrogens with zero attached hydrogens (tertiary/aromatic N) is 1. The highest BCUT2D eigenvalue weighted by molar-refractivity contribution is 7.89. The van der Waals surface area contributed by atoms with Gasteiger partial charge < -0.3 is 9.15 Å². The lowest BCUT2D eigenvalue weighted by molar-refractivity contribution is 0.101. The van der Waals surface area contributed by atoms with Crippen molar-refractivity contribution in [2.45, 2.75) is 24.9 Å². The first-order valence-corrected chi connectivity index (χ1v) is 10.1. The van der Waals surface area contributed by atoms with Crippen molar-refractivity contribution < 1.29 is 22.4 Å². The second-order valence-corrected chi connectivity index (χ2v) is 8.22. The summed E-state index contributed by atoms with van der Waals surface area (Å²) in [5.41, 5.74) is 1.28. The summed E-state index contributed by atoms with van der Waals surface area (Å²) >= 11 is 0. The molecular formula is C21H21NO5S. The largest absolute Gasteiger partial charge is 0.497 e. The topological polar surface area (TPSA) is 76.8 Å². The molecule has 0 saturated heterocycles. The molecule has 3 aromatic rings. The summed E-state index contributed by atoms with van der Waals surface area (Å²) < 4.78 is 38.3. The third-order valence-electron chi connectivity index (χ3n) is 4.33. The van der Waals surface area contributed by atoms with Crippen molar-refractivity contribution in [2.75, 3.05) is 7.11 Å². The van der Waals surface area contributed by atoms with Crippen LogP contribution in [0.2, 0.25) is 0 Å². The number of Topliss-reactive ketones (excluding diaryl/α,β-unsaturated/α-hetero) is 1. The van der Waals surface area contributed by atoms with Gasteiger partial charge in [0.1, 0.15) is 11.5 Å². The Hall–Kier alpha value is -2.90. The van der Waals surface area contributed by atoms with E-state index in [1.165, 1.54) is 41.8 Å². The highest BCUT2D eigenvalue weighted by atomic mass is 32.2. The van der Waals surface area contributed by atoms with Gasteiger partial charge in [-0.05, 0) is 48.9 Å². The molecule has 0 fully saturated rings. The Morgan fingerprint density at radius 2 is 1.68 bits per heavy atom. The first-order chi connectivity index (χ1) is 13.4. The van der Waals surface area contributed by atoms with E-state index in [1.54, 1.807) is 31.4 Å². The number of carbonyl (C=O) groups is 1. The van der Waals surface area contributed by atoms with Crippen molar-refractivity contribution in [3.8, 4) is 5.75 Å². The van der Waals surface area contributed by atoms with Crippen molar-refractivity contribution in [3.05, 3.63) is 83.8 Å². The summed E-state index contributed by atoms with van der Waals surface area (Å²) in [6.45, 7) is 1.70. The van der Waals surface area contributed by atoms with Crippen LogP contribution in [0.15, 0.2) is 76.2 Å². The van der Waals surface area contributed by atoms with Crippen molar-refractivity contribution >= 4 is 15.8 Å². The normalized spacial score (nSPS) is 11.5. The zero-order valence-corrected chi connectivity index (χ0v) is 16.5. The third-order valence-corrected chi connectivity index (χ3v) is 6.13. The Morgan fingerprint density at radius 1 is 1.00 bits per heavy atom. The Balaban J connectivity index is 1.92. The molecule has 1 heterocycles. The van der Waals surface area contributed by atoms with Crippen LogP contribution in [0.3, 0.4) is 0 Å². The molecule has 0 saturated carbocycles. The van der Waals surface area contributed by atoms with Gasteiger partial charge in [0.05, 0.1) is 24.8 Å². The minimum atomic E-state index is -3.80. The molecule has 0 bridgehead atoms. The van der Waals surface area contributed by atoms with Crippen LogP contribution in [0, 0.1) is 0 Å². The number of hydrogen-bond donors (Lipinski definition) is 0. The Bertz CT molecular complexity index is 1020. The minimum absolute atomic E-state index is 0.0931. The van der Waals surface area contributed by atoms with Gasteiger partial charge in [0.15, 0.2) is 5.78 Å². The van der Waals surface area contributed by atoms with E-state index in [4.69, 9.17) is 9.15 Å². The number of carbonyl (C=O) groups excluding carboxylic acids is 1. The van der Waals surface area contributed by atoms with Crippen LogP contribution in [0.25, 0.3) is 0 Å². The number of benzene rings is 2. The maximum atomic E-state index is 13.2. The number of rotatable bonds is 8. The van der Waals surface area contributed by atoms with Gasteiger partial charge in [-0.25, -0.2) is 8.42 Å². The average Bonchev–Trinajstić information content (AvgIpc) is 3.21. The lowest BCUT2D eigenvalue weighted by atomic mass is 10.2. The van der Waals surface area contributed by atoms with Crippen LogP contribution in [-0.4, -0.2) is 25.6 Å². The number of hydrogen-bond acceptors (Lipinski definition) is 5. The van der Waals surface area contributed by atoms with Gasteiger partial charge in [-0.2, -0.15) is 4.31 Å². The average molecular weight is 399 g/mol. The van der Waals surface area contributed by atoms with Crippen LogP contribution < -0.4 is 4.74 Å². The highest BCUT2D eigenvalue weighted by Crippen LogP contribution is 2.23. The SMILES string of the molecule is COc1ccc(CN(Cc2ccco2)S(=O)(=O)c2ccc(C(C)=O)cc2)cc1. The van der Waals surface area contributed by atoms with Crippen LogP contribution >= 0.6 is 0 Å². The second kappa shape index (κ2) is 8.41. The monoisotopic (exact) mass is 399 g/mol. The lowest BCUT2D eigenvalue weighted by Gasteiger charge is -2.21. The first kappa shape index (κ1) is 19.9. The number of methoxy groups -OCH3 is 1. The van der Waals surface area contributed by atoms with E-state index in [1.807, 2.05) is 12.1 Å². The summed E-state index contributed by atoms with van der Waals surface area (Å²) in [5, 5.41) is 0. The number of sulfonamides is 1. The molecule has 0 aliphatic carbocycles. The molecule has 0 aliphatic heterocycles. The quantitative estimate of drug-likeness (QED) is 0.537. The van der Waals surface area contributed by atoms with Crippen molar-refractivity contribution in [2.24, 2.45) is 0 Å². The Morgan fingerprint density at radius 3 is 2.21 bits per heavy atom. The molecule has 0 radical (unpaired) electrons. The molecule has 146 valence electrons. The number of ether oxygens (including phenoxy) is 1. The van der Waals surface area contributed by atoms with E-state index >= 15 is 0 Å².